The first kappa shape index (κ1) is 15.2. The number of nitrogens with one attached hydrogen (secondary N) is 2. The lowest BCUT2D eigenvalue weighted by atomic mass is 9.99. The highest BCUT2D eigenvalue weighted by atomic mass is 79.9. The van der Waals surface area contributed by atoms with Crippen LogP contribution in [0.15, 0.2) is 41.1 Å². The maximum absolute atomic E-state index is 12.3. The molecule has 1 atom stereocenters. The fourth-order valence-electron chi connectivity index (χ4n) is 2.64. The van der Waals surface area contributed by atoms with E-state index in [1.165, 1.54) is 0 Å². The zero-order chi connectivity index (χ0) is 15.4. The maximum Gasteiger partial charge on any atom is 0.231 e. The van der Waals surface area contributed by atoms with Gasteiger partial charge in [-0.3, -0.25) is 10.1 Å². The van der Waals surface area contributed by atoms with Crippen molar-refractivity contribution >= 4 is 27.8 Å². The Balaban J connectivity index is 1.66. The van der Waals surface area contributed by atoms with Gasteiger partial charge in [0.05, 0.1) is 12.5 Å². The van der Waals surface area contributed by atoms with Gasteiger partial charge < -0.3 is 9.88 Å². The van der Waals surface area contributed by atoms with E-state index in [1.54, 1.807) is 6.20 Å². The lowest BCUT2D eigenvalue weighted by Gasteiger charge is -2.21. The van der Waals surface area contributed by atoms with Gasteiger partial charge in [-0.15, -0.1) is 0 Å². The van der Waals surface area contributed by atoms with Crippen LogP contribution in [-0.2, 0) is 11.3 Å². The molecule has 116 valence electrons. The average Bonchev–Trinajstić information content (AvgIpc) is 2.97. The summed E-state index contributed by atoms with van der Waals surface area (Å²) in [5.74, 6) is 0.695. The van der Waals surface area contributed by atoms with Crippen LogP contribution in [0.2, 0.25) is 0 Å². The molecule has 5 nitrogen and oxygen atoms in total. The number of anilines is 1. The summed E-state index contributed by atoms with van der Waals surface area (Å²) in [6, 6.07) is 8.14. The number of aromatic nitrogens is 2. The van der Waals surface area contributed by atoms with Gasteiger partial charge in [0.15, 0.2) is 0 Å². The quantitative estimate of drug-likeness (QED) is 0.878. The number of amides is 1. The molecule has 1 fully saturated rings. The molecule has 2 heterocycles. The standard InChI is InChI=1S/C16H19BrN4O/c17-14-5-3-12(4-6-14)11-21-9-8-19-16(21)20-15(22)13-2-1-7-18-10-13/h3-6,8-9,13,18H,1-2,7,10-11H2,(H,19,20,22). The second-order valence-electron chi connectivity index (χ2n) is 5.54. The minimum atomic E-state index is 0.0339. The van der Waals surface area contributed by atoms with Crippen LogP contribution in [0.25, 0.3) is 0 Å². The largest absolute Gasteiger partial charge is 0.316 e. The van der Waals surface area contributed by atoms with Gasteiger partial charge in [-0.05, 0) is 37.1 Å². The molecular formula is C16H19BrN4O. The predicted molar refractivity (Wildman–Crippen MR) is 89.7 cm³/mol. The van der Waals surface area contributed by atoms with Gasteiger partial charge in [-0.2, -0.15) is 0 Å². The van der Waals surface area contributed by atoms with E-state index in [-0.39, 0.29) is 11.8 Å². The predicted octanol–water partition coefficient (Wildman–Crippen LogP) is 2.63. The zero-order valence-electron chi connectivity index (χ0n) is 12.3. The summed E-state index contributed by atoms with van der Waals surface area (Å²) in [5.41, 5.74) is 1.16. The summed E-state index contributed by atoms with van der Waals surface area (Å²) in [6.45, 7) is 2.44. The Kier molecular flexibility index (Phi) is 4.90. The molecule has 0 radical (unpaired) electrons. The van der Waals surface area contributed by atoms with Gasteiger partial charge in [-0.1, -0.05) is 28.1 Å². The van der Waals surface area contributed by atoms with E-state index in [0.717, 1.165) is 36.0 Å². The Morgan fingerprint density at radius 3 is 2.95 bits per heavy atom. The highest BCUT2D eigenvalue weighted by molar-refractivity contribution is 9.10. The first-order chi connectivity index (χ1) is 10.7. The van der Waals surface area contributed by atoms with E-state index in [4.69, 9.17) is 0 Å². The van der Waals surface area contributed by atoms with Crippen LogP contribution >= 0.6 is 15.9 Å². The number of benzene rings is 1. The SMILES string of the molecule is O=C(Nc1nccn1Cc1ccc(Br)cc1)C1CCCNC1. The molecular weight excluding hydrogens is 344 g/mol. The van der Waals surface area contributed by atoms with Crippen molar-refractivity contribution in [2.75, 3.05) is 18.4 Å². The minimum absolute atomic E-state index is 0.0339. The number of hydrogen-bond acceptors (Lipinski definition) is 3. The molecule has 1 aliphatic heterocycles. The van der Waals surface area contributed by atoms with Crippen LogP contribution < -0.4 is 10.6 Å². The molecule has 1 aromatic heterocycles. The van der Waals surface area contributed by atoms with Gasteiger partial charge >= 0.3 is 0 Å². The number of imidazole rings is 1. The molecule has 0 aliphatic carbocycles. The zero-order valence-corrected chi connectivity index (χ0v) is 13.8. The van der Waals surface area contributed by atoms with E-state index in [0.29, 0.717) is 12.5 Å². The summed E-state index contributed by atoms with van der Waals surface area (Å²) in [6.07, 6.45) is 5.59. The van der Waals surface area contributed by atoms with Crippen LogP contribution in [0.4, 0.5) is 5.95 Å². The highest BCUT2D eigenvalue weighted by Crippen LogP contribution is 2.16. The molecule has 0 bridgehead atoms. The van der Waals surface area contributed by atoms with Gasteiger partial charge in [0.2, 0.25) is 11.9 Å². The molecule has 1 aromatic carbocycles. The third kappa shape index (κ3) is 3.75. The van der Waals surface area contributed by atoms with Crippen molar-refractivity contribution in [2.24, 2.45) is 5.92 Å². The average molecular weight is 363 g/mol. The molecule has 0 saturated carbocycles. The summed E-state index contributed by atoms with van der Waals surface area (Å²) < 4.78 is 3.01. The number of rotatable bonds is 4. The minimum Gasteiger partial charge on any atom is -0.316 e. The van der Waals surface area contributed by atoms with Crippen molar-refractivity contribution in [2.45, 2.75) is 19.4 Å². The Morgan fingerprint density at radius 1 is 1.41 bits per heavy atom. The third-order valence-corrected chi connectivity index (χ3v) is 4.41. The monoisotopic (exact) mass is 362 g/mol. The maximum atomic E-state index is 12.3. The lowest BCUT2D eigenvalue weighted by Crippen LogP contribution is -2.37. The fraction of sp³-hybridized carbons (Fsp3) is 0.375. The second-order valence-corrected chi connectivity index (χ2v) is 6.45. The first-order valence-corrected chi connectivity index (χ1v) is 8.29. The van der Waals surface area contributed by atoms with E-state index >= 15 is 0 Å². The molecule has 1 saturated heterocycles. The number of piperidine rings is 1. The van der Waals surface area contributed by atoms with Crippen molar-refractivity contribution in [1.82, 2.24) is 14.9 Å². The van der Waals surface area contributed by atoms with Crippen LogP contribution in [-0.4, -0.2) is 28.5 Å². The molecule has 0 spiro atoms. The second kappa shape index (κ2) is 7.07. The van der Waals surface area contributed by atoms with E-state index in [9.17, 15) is 4.79 Å². The molecule has 22 heavy (non-hydrogen) atoms. The van der Waals surface area contributed by atoms with Gasteiger partial charge in [0.25, 0.3) is 0 Å². The number of halogens is 1. The van der Waals surface area contributed by atoms with Gasteiger partial charge in [-0.25, -0.2) is 4.98 Å². The van der Waals surface area contributed by atoms with E-state index in [1.807, 2.05) is 22.9 Å². The fourth-order valence-corrected chi connectivity index (χ4v) is 2.90. The van der Waals surface area contributed by atoms with Crippen LogP contribution in [0, 0.1) is 5.92 Å². The van der Waals surface area contributed by atoms with Gasteiger partial charge in [0, 0.05) is 23.4 Å². The van der Waals surface area contributed by atoms with E-state index in [2.05, 4.69) is 43.7 Å². The van der Waals surface area contributed by atoms with Crippen LogP contribution in [0.3, 0.4) is 0 Å². The van der Waals surface area contributed by atoms with Gasteiger partial charge in [0.1, 0.15) is 0 Å². The van der Waals surface area contributed by atoms with Crippen molar-refractivity contribution in [3.8, 4) is 0 Å². The number of carbonyl (C=O) groups excluding carboxylic acids is 1. The first-order valence-electron chi connectivity index (χ1n) is 7.49. The highest BCUT2D eigenvalue weighted by Gasteiger charge is 2.22. The molecule has 2 N–H and O–H groups in total. The van der Waals surface area contributed by atoms with Crippen molar-refractivity contribution in [3.63, 3.8) is 0 Å². The summed E-state index contributed by atoms with van der Waals surface area (Å²) >= 11 is 3.43. The summed E-state index contributed by atoms with van der Waals surface area (Å²) in [4.78, 5) is 16.6. The van der Waals surface area contributed by atoms with Crippen molar-refractivity contribution in [1.29, 1.82) is 0 Å². The van der Waals surface area contributed by atoms with Crippen molar-refractivity contribution < 1.29 is 4.79 Å². The smallest absolute Gasteiger partial charge is 0.231 e. The molecule has 3 rings (SSSR count). The normalized spacial score (nSPS) is 18.1. The van der Waals surface area contributed by atoms with Crippen LogP contribution in [0.5, 0.6) is 0 Å². The molecule has 1 unspecified atom stereocenters. The Morgan fingerprint density at radius 2 is 2.23 bits per heavy atom. The topological polar surface area (TPSA) is 59.0 Å². The number of hydrogen-bond donors (Lipinski definition) is 2. The Hall–Kier alpha value is -1.66. The number of carbonyl (C=O) groups is 1. The molecule has 6 heteroatoms. The Labute approximate surface area is 138 Å². The molecule has 1 amide bonds. The van der Waals surface area contributed by atoms with Crippen molar-refractivity contribution in [3.05, 3.63) is 46.7 Å². The number of nitrogens with zero attached hydrogens (tertiary/aromatic N) is 2. The third-order valence-electron chi connectivity index (χ3n) is 3.88. The molecule has 2 aromatic rings. The Bertz CT molecular complexity index is 632. The molecule has 1 aliphatic rings. The summed E-state index contributed by atoms with van der Waals surface area (Å²) in [7, 11) is 0. The summed E-state index contributed by atoms with van der Waals surface area (Å²) in [5, 5.41) is 6.22. The lowest BCUT2D eigenvalue weighted by molar-refractivity contribution is -0.120. The van der Waals surface area contributed by atoms with E-state index < -0.39 is 0 Å². The van der Waals surface area contributed by atoms with Crippen LogP contribution in [0.1, 0.15) is 18.4 Å².